The lowest BCUT2D eigenvalue weighted by atomic mass is 10.1. The van der Waals surface area contributed by atoms with E-state index in [-0.39, 0.29) is 23.2 Å². The fraction of sp³-hybridized carbons (Fsp3) is 0.263. The summed E-state index contributed by atoms with van der Waals surface area (Å²) in [5.41, 5.74) is 9.62. The Morgan fingerprint density at radius 2 is 2.03 bits per heavy atom. The first-order valence-corrected chi connectivity index (χ1v) is 10.7. The van der Waals surface area contributed by atoms with Crippen LogP contribution in [0.5, 0.6) is 0 Å². The number of piperazine rings is 1. The van der Waals surface area contributed by atoms with Crippen molar-refractivity contribution in [1.29, 1.82) is 0 Å². The van der Waals surface area contributed by atoms with Crippen molar-refractivity contribution in [3.63, 3.8) is 0 Å². The van der Waals surface area contributed by atoms with E-state index in [4.69, 9.17) is 5.53 Å². The Morgan fingerprint density at radius 1 is 1.27 bits per heavy atom. The van der Waals surface area contributed by atoms with E-state index in [1.54, 1.807) is 42.2 Å². The summed E-state index contributed by atoms with van der Waals surface area (Å²) in [5.74, 6) is -0.0283. The quantitative estimate of drug-likeness (QED) is 0.390. The van der Waals surface area contributed by atoms with Gasteiger partial charge < -0.3 is 9.88 Å². The summed E-state index contributed by atoms with van der Waals surface area (Å²) in [7, 11) is -3.84. The van der Waals surface area contributed by atoms with E-state index >= 15 is 0 Å². The number of amides is 1. The molecule has 1 unspecified atom stereocenters. The fourth-order valence-electron chi connectivity index (χ4n) is 3.72. The number of H-pyrrole nitrogens is 1. The number of carbonyl (C=O) groups is 1. The van der Waals surface area contributed by atoms with Crippen LogP contribution in [0.15, 0.2) is 58.8 Å². The van der Waals surface area contributed by atoms with E-state index < -0.39 is 16.1 Å². The van der Waals surface area contributed by atoms with E-state index in [0.29, 0.717) is 29.6 Å². The minimum Gasteiger partial charge on any atom is -0.358 e. The van der Waals surface area contributed by atoms with Crippen molar-refractivity contribution < 1.29 is 13.2 Å². The van der Waals surface area contributed by atoms with Crippen LogP contribution in [0.3, 0.4) is 0 Å². The molecule has 30 heavy (non-hydrogen) atoms. The molecule has 3 heterocycles. The third-order valence-electron chi connectivity index (χ3n) is 5.14. The number of azide groups is 1. The minimum absolute atomic E-state index is 0.0859. The largest absolute Gasteiger partial charge is 0.358 e. The third-order valence-corrected chi connectivity index (χ3v) is 7.20. The van der Waals surface area contributed by atoms with Crippen molar-refractivity contribution in [2.24, 2.45) is 5.11 Å². The maximum Gasteiger partial charge on any atom is 0.253 e. The molecule has 0 bridgehead atoms. The van der Waals surface area contributed by atoms with Crippen molar-refractivity contribution in [2.75, 3.05) is 19.6 Å². The second kappa shape index (κ2) is 7.79. The highest BCUT2D eigenvalue weighted by atomic mass is 32.2. The Balaban J connectivity index is 1.61. The van der Waals surface area contributed by atoms with Gasteiger partial charge in [0.25, 0.3) is 5.91 Å². The number of sulfonamides is 1. The number of hydrogen-bond donors (Lipinski definition) is 1. The molecule has 4 rings (SSSR count). The number of aromatic nitrogens is 2. The molecule has 1 aliphatic heterocycles. The highest BCUT2D eigenvalue weighted by Crippen LogP contribution is 2.31. The predicted octanol–water partition coefficient (Wildman–Crippen LogP) is 3.04. The minimum atomic E-state index is -3.84. The van der Waals surface area contributed by atoms with Crippen LogP contribution < -0.4 is 0 Å². The summed E-state index contributed by atoms with van der Waals surface area (Å²) in [6.45, 7) is 2.55. The molecular weight excluding hydrogens is 406 g/mol. The average Bonchev–Trinajstić information content (AvgIpc) is 3.20. The second-order valence-corrected chi connectivity index (χ2v) is 8.84. The van der Waals surface area contributed by atoms with Crippen LogP contribution >= 0.6 is 0 Å². The van der Waals surface area contributed by atoms with Gasteiger partial charge in [-0.2, -0.15) is 4.31 Å². The molecule has 11 heteroatoms. The molecule has 1 saturated heterocycles. The van der Waals surface area contributed by atoms with Crippen LogP contribution in [0, 0.1) is 0 Å². The molecule has 0 saturated carbocycles. The topological polar surface area (TPSA) is 135 Å². The summed E-state index contributed by atoms with van der Waals surface area (Å²) in [4.78, 5) is 24.0. The Kier molecular flexibility index (Phi) is 5.17. The lowest BCUT2D eigenvalue weighted by molar-refractivity contribution is 0.0642. The van der Waals surface area contributed by atoms with Crippen LogP contribution in [0.1, 0.15) is 17.3 Å². The standard InChI is InChI=1S/C19H19N7O3S/c1-13-12-25(19(27)14-5-3-2-4-6-14)9-10-26(13)30(28,29)16-11-22-17-15(16)7-8-21-18(17)23-24-20/h2-8,11,13,22H,9-10,12H2,1H3. The van der Waals surface area contributed by atoms with Gasteiger partial charge in [0.1, 0.15) is 4.90 Å². The van der Waals surface area contributed by atoms with Crippen molar-refractivity contribution in [3.8, 4) is 0 Å². The zero-order valence-corrected chi connectivity index (χ0v) is 17.0. The van der Waals surface area contributed by atoms with E-state index in [1.165, 1.54) is 16.7 Å². The van der Waals surface area contributed by atoms with Gasteiger partial charge in [0.15, 0.2) is 5.82 Å². The fourth-order valence-corrected chi connectivity index (χ4v) is 5.49. The number of fused-ring (bicyclic) bond motifs is 1. The van der Waals surface area contributed by atoms with E-state index in [0.717, 1.165) is 0 Å². The van der Waals surface area contributed by atoms with Gasteiger partial charge in [-0.15, -0.1) is 0 Å². The summed E-state index contributed by atoms with van der Waals surface area (Å²) in [6, 6.07) is 10.1. The molecule has 1 aromatic carbocycles. The molecule has 1 aliphatic rings. The maximum atomic E-state index is 13.4. The van der Waals surface area contributed by atoms with Gasteiger partial charge in [-0.1, -0.05) is 18.2 Å². The number of nitrogens with zero attached hydrogens (tertiary/aromatic N) is 6. The SMILES string of the molecule is CC1CN(C(=O)c2ccccc2)CCN1S(=O)(=O)c1c[nH]c2c(N=[N+]=[N-])nccc12. The monoisotopic (exact) mass is 425 g/mol. The van der Waals surface area contributed by atoms with Crippen LogP contribution in [0.25, 0.3) is 21.3 Å². The second-order valence-electron chi connectivity index (χ2n) is 6.98. The number of nitrogens with one attached hydrogen (secondary N) is 1. The molecule has 2 aromatic heterocycles. The molecule has 0 radical (unpaired) electrons. The first kappa shape index (κ1) is 19.9. The van der Waals surface area contributed by atoms with Crippen LogP contribution in [-0.2, 0) is 10.0 Å². The van der Waals surface area contributed by atoms with Gasteiger partial charge in [0.05, 0.1) is 5.52 Å². The molecule has 1 atom stereocenters. The molecule has 3 aromatic rings. The number of rotatable bonds is 4. The molecular formula is C19H19N7O3S. The number of hydrogen-bond acceptors (Lipinski definition) is 5. The van der Waals surface area contributed by atoms with E-state index in [2.05, 4.69) is 20.0 Å². The average molecular weight is 425 g/mol. The molecule has 1 fully saturated rings. The number of carbonyl (C=O) groups excluding carboxylic acids is 1. The van der Waals surface area contributed by atoms with E-state index in [1.807, 2.05) is 6.07 Å². The Bertz CT molecular complexity index is 1250. The predicted molar refractivity (Wildman–Crippen MR) is 111 cm³/mol. The Labute approximate surface area is 172 Å². The number of aromatic amines is 1. The number of benzene rings is 1. The van der Waals surface area contributed by atoms with Gasteiger partial charge in [0.2, 0.25) is 10.0 Å². The summed E-state index contributed by atoms with van der Waals surface area (Å²) in [6.07, 6.45) is 2.78. The number of pyridine rings is 1. The van der Waals surface area contributed by atoms with Crippen LogP contribution in [0.2, 0.25) is 0 Å². The molecule has 154 valence electrons. The first-order valence-electron chi connectivity index (χ1n) is 9.31. The normalized spacial score (nSPS) is 17.6. The van der Waals surface area contributed by atoms with Crippen molar-refractivity contribution in [3.05, 3.63) is 64.8 Å². The molecule has 1 amide bonds. The van der Waals surface area contributed by atoms with Crippen LogP contribution in [0.4, 0.5) is 5.82 Å². The van der Waals surface area contributed by atoms with E-state index in [9.17, 15) is 13.2 Å². The van der Waals surface area contributed by atoms with Gasteiger partial charge in [-0.25, -0.2) is 8.42 Å². The third kappa shape index (κ3) is 3.39. The van der Waals surface area contributed by atoms with Crippen molar-refractivity contribution in [2.45, 2.75) is 17.9 Å². The zero-order valence-electron chi connectivity index (χ0n) is 16.1. The molecule has 10 nitrogen and oxygen atoms in total. The Hall–Kier alpha value is -3.40. The lowest BCUT2D eigenvalue weighted by Crippen LogP contribution is -2.55. The molecule has 0 aliphatic carbocycles. The molecule has 1 N–H and O–H groups in total. The van der Waals surface area contributed by atoms with Crippen molar-refractivity contribution in [1.82, 2.24) is 19.2 Å². The highest BCUT2D eigenvalue weighted by Gasteiger charge is 2.36. The maximum absolute atomic E-state index is 13.4. The summed E-state index contributed by atoms with van der Waals surface area (Å²) in [5, 5.41) is 3.91. The first-order chi connectivity index (χ1) is 14.4. The molecule has 0 spiro atoms. The van der Waals surface area contributed by atoms with Gasteiger partial charge in [-0.05, 0) is 35.8 Å². The van der Waals surface area contributed by atoms with Gasteiger partial charge in [-0.3, -0.25) is 9.78 Å². The smallest absolute Gasteiger partial charge is 0.253 e. The lowest BCUT2D eigenvalue weighted by Gasteiger charge is -2.38. The van der Waals surface area contributed by atoms with Crippen molar-refractivity contribution >= 4 is 32.7 Å². The summed E-state index contributed by atoms with van der Waals surface area (Å²) < 4.78 is 28.1. The summed E-state index contributed by atoms with van der Waals surface area (Å²) >= 11 is 0. The zero-order chi connectivity index (χ0) is 21.3. The van der Waals surface area contributed by atoms with Crippen LogP contribution in [-0.4, -0.2) is 59.2 Å². The Morgan fingerprint density at radius 3 is 2.73 bits per heavy atom. The highest BCUT2D eigenvalue weighted by molar-refractivity contribution is 7.89. The van der Waals surface area contributed by atoms with Gasteiger partial charge in [0, 0.05) is 53.9 Å². The van der Waals surface area contributed by atoms with Gasteiger partial charge >= 0.3 is 0 Å².